The minimum absolute atomic E-state index is 0.400. The van der Waals surface area contributed by atoms with Crippen LogP contribution in [0.3, 0.4) is 0 Å². The lowest BCUT2D eigenvalue weighted by Crippen LogP contribution is -2.25. The van der Waals surface area contributed by atoms with Crippen LogP contribution in [0.4, 0.5) is 0 Å². The van der Waals surface area contributed by atoms with Crippen molar-refractivity contribution in [1.29, 1.82) is 0 Å². The van der Waals surface area contributed by atoms with Crippen molar-refractivity contribution in [2.45, 2.75) is 198 Å². The van der Waals surface area contributed by atoms with Gasteiger partial charge < -0.3 is 38.9 Å². The van der Waals surface area contributed by atoms with E-state index in [1.165, 1.54) is 0 Å². The smallest absolute Gasteiger partial charge is 0.355 e. The minimum atomic E-state index is -0.707. The van der Waals surface area contributed by atoms with E-state index < -0.39 is 58.1 Å². The number of esters is 4. The molecule has 4 N–H and O–H groups in total. The van der Waals surface area contributed by atoms with Crippen LogP contribution in [0.2, 0.25) is 0 Å². The standard InChI is InChI=1S/C66H82N4O8/c1-21-45-37(5)51(67-55(45)59(71)75-63(9,10)11)49(52-38(6)46(22-2)56(68-52)60(72)76-64(12,13)14)43-33-27-31-41(35-43)29-25-26-30-42-32-28-34-44(36-42)50(53-39(7)47(23-3)57(69-53)61(73)77-65(15,16)17)54-40(8)48(24-4)58(70-54)62(74)78-66(18,19)20/h27-28,31-36,49-50,67-70H,21-24H2,1-20H3. The molecule has 12 nitrogen and oxygen atoms in total. The van der Waals surface area contributed by atoms with Gasteiger partial charge in [-0.05, 0) is 228 Å². The molecule has 4 aromatic heterocycles. The molecular formula is C66H82N4O8. The van der Waals surface area contributed by atoms with Gasteiger partial charge in [0.2, 0.25) is 0 Å². The lowest BCUT2D eigenvalue weighted by Gasteiger charge is -2.20. The van der Waals surface area contributed by atoms with Crippen LogP contribution in [-0.2, 0) is 44.6 Å². The summed E-state index contributed by atoms with van der Waals surface area (Å²) in [5, 5.41) is 0. The molecule has 0 fully saturated rings. The summed E-state index contributed by atoms with van der Waals surface area (Å²) in [4.78, 5) is 69.2. The SMILES string of the molecule is CCc1c(C(=O)OC(C)(C)C)[nH]c(C(c2cccc(C#CC#Cc3cccc(C(c4[nH]c(C(=O)OC(C)(C)C)c(CC)c4C)c4[nH]c(C(=O)OC(C)(C)C)c(CC)c4C)c3)c2)c2[nH]c(C(=O)OC(C)(C)C)c(CC)c2C)c1C. The molecule has 414 valence electrons. The molecule has 0 saturated carbocycles. The van der Waals surface area contributed by atoms with Gasteiger partial charge >= 0.3 is 23.9 Å². The van der Waals surface area contributed by atoms with Crippen LogP contribution in [0, 0.1) is 51.4 Å². The molecule has 0 saturated heterocycles. The molecule has 0 aliphatic rings. The minimum Gasteiger partial charge on any atom is -0.455 e. The topological polar surface area (TPSA) is 168 Å². The molecule has 78 heavy (non-hydrogen) atoms. The van der Waals surface area contributed by atoms with E-state index in [1.54, 1.807) is 0 Å². The third-order valence-electron chi connectivity index (χ3n) is 13.6. The lowest BCUT2D eigenvalue weighted by molar-refractivity contribution is 0.00496. The Kier molecular flexibility index (Phi) is 17.8. The molecule has 0 spiro atoms. The van der Waals surface area contributed by atoms with Gasteiger partial charge in [0.15, 0.2) is 0 Å². The predicted molar refractivity (Wildman–Crippen MR) is 309 cm³/mol. The highest BCUT2D eigenvalue weighted by atomic mass is 16.6. The van der Waals surface area contributed by atoms with Crippen LogP contribution in [-0.4, -0.2) is 66.2 Å². The van der Waals surface area contributed by atoms with Crippen LogP contribution < -0.4 is 0 Å². The number of H-pyrrole nitrogens is 4. The first-order valence-electron chi connectivity index (χ1n) is 27.3. The van der Waals surface area contributed by atoms with Crippen LogP contribution in [0.1, 0.15) is 254 Å². The lowest BCUT2D eigenvalue weighted by atomic mass is 9.86. The highest BCUT2D eigenvalue weighted by Gasteiger charge is 2.35. The van der Waals surface area contributed by atoms with Crippen LogP contribution in [0.5, 0.6) is 0 Å². The largest absolute Gasteiger partial charge is 0.455 e. The molecule has 6 rings (SSSR count). The van der Waals surface area contributed by atoms with E-state index in [9.17, 15) is 19.2 Å². The van der Waals surface area contributed by atoms with E-state index in [2.05, 4.69) is 43.6 Å². The fourth-order valence-electron chi connectivity index (χ4n) is 10.3. The second kappa shape index (κ2) is 23.3. The van der Waals surface area contributed by atoms with Gasteiger partial charge in [0.05, 0.1) is 11.8 Å². The Hall–Kier alpha value is -7.44. The number of hydrogen-bond donors (Lipinski definition) is 4. The summed E-state index contributed by atoms with van der Waals surface area (Å²) in [6.45, 7) is 38.3. The predicted octanol–water partition coefficient (Wildman–Crippen LogP) is 14.1. The van der Waals surface area contributed by atoms with Crippen LogP contribution in [0.15, 0.2) is 48.5 Å². The van der Waals surface area contributed by atoms with Crippen molar-refractivity contribution in [2.75, 3.05) is 0 Å². The van der Waals surface area contributed by atoms with Crippen molar-refractivity contribution in [3.63, 3.8) is 0 Å². The van der Waals surface area contributed by atoms with E-state index in [0.717, 1.165) is 78.4 Å². The molecule has 0 aliphatic carbocycles. The van der Waals surface area contributed by atoms with Crippen molar-refractivity contribution in [2.24, 2.45) is 0 Å². The van der Waals surface area contributed by atoms with Crippen molar-refractivity contribution in [1.82, 2.24) is 19.9 Å². The van der Waals surface area contributed by atoms with Gasteiger partial charge in [0, 0.05) is 33.9 Å². The molecule has 0 bridgehead atoms. The molecule has 0 unspecified atom stereocenters. The molecule has 0 aliphatic heterocycles. The molecule has 0 amide bonds. The number of carbonyl (C=O) groups excluding carboxylic acids is 4. The maximum Gasteiger partial charge on any atom is 0.355 e. The Balaban J connectivity index is 1.47. The summed E-state index contributed by atoms with van der Waals surface area (Å²) < 4.78 is 23.6. The fraction of sp³-hybridized carbons (Fsp3) is 0.455. The first kappa shape index (κ1) is 59.8. The first-order chi connectivity index (χ1) is 36.3. The van der Waals surface area contributed by atoms with E-state index in [4.69, 9.17) is 18.9 Å². The molecule has 0 atom stereocenters. The van der Waals surface area contributed by atoms with Gasteiger partial charge in [-0.15, -0.1) is 0 Å². The number of benzene rings is 2. The zero-order valence-corrected chi connectivity index (χ0v) is 49.9. The van der Waals surface area contributed by atoms with Crippen molar-refractivity contribution < 1.29 is 38.1 Å². The molecule has 4 heterocycles. The Labute approximate surface area is 463 Å². The summed E-state index contributed by atoms with van der Waals surface area (Å²) in [6, 6.07) is 15.9. The Bertz CT molecular complexity index is 2990. The van der Waals surface area contributed by atoms with Crippen molar-refractivity contribution in [3.8, 4) is 23.7 Å². The molecule has 2 aromatic carbocycles. The third kappa shape index (κ3) is 13.6. The van der Waals surface area contributed by atoms with E-state index in [-0.39, 0.29) is 0 Å². The maximum absolute atomic E-state index is 13.8. The summed E-state index contributed by atoms with van der Waals surface area (Å²) in [5.41, 5.74) is 12.2. The van der Waals surface area contributed by atoms with Crippen LogP contribution in [0.25, 0.3) is 0 Å². The Morgan fingerprint density at radius 1 is 0.410 bits per heavy atom. The number of aromatic nitrogens is 4. The highest BCUT2D eigenvalue weighted by Crippen LogP contribution is 2.41. The second-order valence-corrected chi connectivity index (χ2v) is 24.1. The van der Waals surface area contributed by atoms with E-state index in [0.29, 0.717) is 59.6 Å². The zero-order valence-electron chi connectivity index (χ0n) is 49.9. The zero-order chi connectivity index (χ0) is 58.0. The molecule has 0 radical (unpaired) electrons. The van der Waals surface area contributed by atoms with Gasteiger partial charge in [-0.1, -0.05) is 63.8 Å². The van der Waals surface area contributed by atoms with Gasteiger partial charge in [0.25, 0.3) is 0 Å². The number of rotatable bonds is 14. The highest BCUT2D eigenvalue weighted by molar-refractivity contribution is 5.93. The maximum atomic E-state index is 13.8. The van der Waals surface area contributed by atoms with Crippen LogP contribution >= 0.6 is 0 Å². The van der Waals surface area contributed by atoms with Crippen molar-refractivity contribution in [3.05, 3.63) is 161 Å². The summed E-state index contributed by atoms with van der Waals surface area (Å²) in [7, 11) is 0. The monoisotopic (exact) mass is 1060 g/mol. The van der Waals surface area contributed by atoms with E-state index in [1.807, 2.05) is 187 Å². The van der Waals surface area contributed by atoms with Gasteiger partial charge in [-0.3, -0.25) is 0 Å². The van der Waals surface area contributed by atoms with E-state index >= 15 is 0 Å². The quantitative estimate of drug-likeness (QED) is 0.0475. The molecular weight excluding hydrogens is 977 g/mol. The summed E-state index contributed by atoms with van der Waals surface area (Å²) in [6.07, 6.45) is 2.35. The molecule has 12 heteroatoms. The van der Waals surface area contributed by atoms with Gasteiger partial charge in [0.1, 0.15) is 45.2 Å². The number of hydrogen-bond acceptors (Lipinski definition) is 8. The summed E-state index contributed by atoms with van der Waals surface area (Å²) in [5.74, 6) is 10.1. The average Bonchev–Trinajstić information content (AvgIpc) is 4.24. The number of carbonyl (C=O) groups is 4. The van der Waals surface area contributed by atoms with Gasteiger partial charge in [-0.2, -0.15) is 0 Å². The summed E-state index contributed by atoms with van der Waals surface area (Å²) >= 11 is 0. The number of ether oxygens (including phenoxy) is 4. The molecule has 6 aromatic rings. The second-order valence-electron chi connectivity index (χ2n) is 24.1. The number of aromatic amines is 4. The Morgan fingerprint density at radius 2 is 0.641 bits per heavy atom. The van der Waals surface area contributed by atoms with Crippen molar-refractivity contribution >= 4 is 23.9 Å². The average molecular weight is 1060 g/mol. The fourth-order valence-corrected chi connectivity index (χ4v) is 10.3. The first-order valence-corrected chi connectivity index (χ1v) is 27.3. The third-order valence-corrected chi connectivity index (χ3v) is 13.6. The van der Waals surface area contributed by atoms with Gasteiger partial charge in [-0.25, -0.2) is 19.2 Å². The number of nitrogens with one attached hydrogen (secondary N) is 4. The Morgan fingerprint density at radius 3 is 0.846 bits per heavy atom. The normalized spacial score (nSPS) is 12.0.